The van der Waals surface area contributed by atoms with Crippen molar-refractivity contribution in [1.29, 1.82) is 0 Å². The highest BCUT2D eigenvalue weighted by atomic mass is 32.1. The summed E-state index contributed by atoms with van der Waals surface area (Å²) < 4.78 is 1.92. The summed E-state index contributed by atoms with van der Waals surface area (Å²) in [7, 11) is 0. The number of fused-ring (bicyclic) bond motifs is 1. The Labute approximate surface area is 121 Å². The fourth-order valence-electron chi connectivity index (χ4n) is 2.20. The molecule has 0 bridgehead atoms. The standard InChI is InChI=1S/C14H17N5S/c1-10(2)19(8-11-4-3-7-20-11)14-13-16-5-6-18(13)9-12(15)17-14/h3-7,9-10H,8,15H2,1-2H3. The summed E-state index contributed by atoms with van der Waals surface area (Å²) in [5.41, 5.74) is 6.75. The Hall–Kier alpha value is -2.08. The van der Waals surface area contributed by atoms with Gasteiger partial charge in [0.15, 0.2) is 11.5 Å². The van der Waals surface area contributed by atoms with E-state index in [4.69, 9.17) is 5.73 Å². The first kappa shape index (κ1) is 12.9. The number of aromatic nitrogens is 3. The van der Waals surface area contributed by atoms with Gasteiger partial charge in [-0.2, -0.15) is 0 Å². The second-order valence-corrected chi connectivity index (χ2v) is 5.98. The van der Waals surface area contributed by atoms with Crippen LogP contribution in [0.5, 0.6) is 0 Å². The molecule has 2 N–H and O–H groups in total. The molecule has 0 unspecified atom stereocenters. The van der Waals surface area contributed by atoms with E-state index < -0.39 is 0 Å². The summed E-state index contributed by atoms with van der Waals surface area (Å²) in [5.74, 6) is 1.33. The number of hydrogen-bond acceptors (Lipinski definition) is 5. The lowest BCUT2D eigenvalue weighted by molar-refractivity contribution is 0.678. The van der Waals surface area contributed by atoms with Crippen LogP contribution in [-0.2, 0) is 6.54 Å². The van der Waals surface area contributed by atoms with Crippen molar-refractivity contribution in [2.45, 2.75) is 26.4 Å². The number of anilines is 2. The number of nitrogens with two attached hydrogens (primary N) is 1. The molecule has 0 atom stereocenters. The number of nitrogens with zero attached hydrogens (tertiary/aromatic N) is 4. The van der Waals surface area contributed by atoms with E-state index in [2.05, 4.69) is 46.2 Å². The van der Waals surface area contributed by atoms with Crippen LogP contribution >= 0.6 is 11.3 Å². The molecule has 3 heterocycles. The Bertz CT molecular complexity index is 702. The second-order valence-electron chi connectivity index (χ2n) is 4.95. The predicted molar refractivity (Wildman–Crippen MR) is 83.0 cm³/mol. The molecular formula is C14H17N5S. The molecule has 0 aliphatic carbocycles. The van der Waals surface area contributed by atoms with Crippen LogP contribution in [0, 0.1) is 0 Å². The highest BCUT2D eigenvalue weighted by molar-refractivity contribution is 7.09. The molecule has 20 heavy (non-hydrogen) atoms. The van der Waals surface area contributed by atoms with E-state index in [9.17, 15) is 0 Å². The van der Waals surface area contributed by atoms with Crippen LogP contribution in [0.25, 0.3) is 5.65 Å². The Kier molecular flexibility index (Phi) is 3.31. The van der Waals surface area contributed by atoms with E-state index in [0.29, 0.717) is 11.9 Å². The predicted octanol–water partition coefficient (Wildman–Crippen LogP) is 2.79. The van der Waals surface area contributed by atoms with Gasteiger partial charge < -0.3 is 15.0 Å². The Balaban J connectivity index is 2.07. The highest BCUT2D eigenvalue weighted by Crippen LogP contribution is 2.24. The molecule has 0 amide bonds. The number of nitrogen functional groups attached to an aromatic ring is 1. The molecule has 104 valence electrons. The fourth-order valence-corrected chi connectivity index (χ4v) is 2.90. The third kappa shape index (κ3) is 2.34. The molecule has 3 aromatic rings. The molecule has 0 aliphatic heterocycles. The first-order chi connectivity index (χ1) is 9.65. The van der Waals surface area contributed by atoms with E-state index in [-0.39, 0.29) is 0 Å². The highest BCUT2D eigenvalue weighted by Gasteiger charge is 2.18. The van der Waals surface area contributed by atoms with Crippen LogP contribution in [0.2, 0.25) is 0 Å². The maximum atomic E-state index is 5.91. The first-order valence-corrected chi connectivity index (χ1v) is 7.41. The topological polar surface area (TPSA) is 59.5 Å². The molecule has 0 aromatic carbocycles. The number of hydrogen-bond donors (Lipinski definition) is 1. The third-order valence-electron chi connectivity index (χ3n) is 3.18. The van der Waals surface area contributed by atoms with Crippen LogP contribution in [-0.4, -0.2) is 20.4 Å². The normalized spacial score (nSPS) is 11.3. The van der Waals surface area contributed by atoms with E-state index in [0.717, 1.165) is 18.0 Å². The zero-order valence-corrected chi connectivity index (χ0v) is 12.3. The van der Waals surface area contributed by atoms with Crippen molar-refractivity contribution < 1.29 is 0 Å². The SMILES string of the molecule is CC(C)N(Cc1cccs1)c1nc(N)cn2ccnc12. The van der Waals surface area contributed by atoms with Gasteiger partial charge in [0, 0.05) is 23.3 Å². The van der Waals surface area contributed by atoms with Crippen molar-refractivity contribution in [3.05, 3.63) is 41.0 Å². The Morgan fingerprint density at radius 2 is 2.30 bits per heavy atom. The lowest BCUT2D eigenvalue weighted by Gasteiger charge is -2.27. The average Bonchev–Trinajstić information content (AvgIpc) is 3.05. The van der Waals surface area contributed by atoms with Crippen molar-refractivity contribution in [2.75, 3.05) is 10.6 Å². The van der Waals surface area contributed by atoms with Gasteiger partial charge in [0.25, 0.3) is 0 Å². The molecular weight excluding hydrogens is 270 g/mol. The zero-order chi connectivity index (χ0) is 14.1. The van der Waals surface area contributed by atoms with Crippen molar-refractivity contribution in [1.82, 2.24) is 14.4 Å². The third-order valence-corrected chi connectivity index (χ3v) is 4.04. The van der Waals surface area contributed by atoms with E-state index in [1.165, 1.54) is 4.88 Å². The molecule has 0 radical (unpaired) electrons. The van der Waals surface area contributed by atoms with Crippen LogP contribution in [0.1, 0.15) is 18.7 Å². The maximum absolute atomic E-state index is 5.91. The molecule has 0 saturated heterocycles. The molecule has 3 rings (SSSR count). The van der Waals surface area contributed by atoms with Gasteiger partial charge in [-0.05, 0) is 25.3 Å². The van der Waals surface area contributed by atoms with Crippen molar-refractivity contribution >= 4 is 28.6 Å². The molecule has 0 fully saturated rings. The Morgan fingerprint density at radius 1 is 1.45 bits per heavy atom. The van der Waals surface area contributed by atoms with Crippen molar-refractivity contribution in [3.8, 4) is 0 Å². The Morgan fingerprint density at radius 3 is 3.00 bits per heavy atom. The van der Waals surface area contributed by atoms with Crippen LogP contribution in [0.4, 0.5) is 11.6 Å². The van der Waals surface area contributed by atoms with Gasteiger partial charge in [0.05, 0.1) is 12.7 Å². The number of thiophene rings is 1. The van der Waals surface area contributed by atoms with E-state index in [1.54, 1.807) is 23.7 Å². The second kappa shape index (κ2) is 5.13. The average molecular weight is 287 g/mol. The number of imidazole rings is 1. The lowest BCUT2D eigenvalue weighted by atomic mass is 10.3. The fraction of sp³-hybridized carbons (Fsp3) is 0.286. The van der Waals surface area contributed by atoms with Gasteiger partial charge in [-0.25, -0.2) is 9.97 Å². The summed E-state index contributed by atoms with van der Waals surface area (Å²) in [6.07, 6.45) is 5.44. The van der Waals surface area contributed by atoms with Gasteiger partial charge in [-0.1, -0.05) is 6.07 Å². The molecule has 0 spiro atoms. The van der Waals surface area contributed by atoms with Gasteiger partial charge in [-0.15, -0.1) is 11.3 Å². The van der Waals surface area contributed by atoms with Crippen LogP contribution < -0.4 is 10.6 Å². The zero-order valence-electron chi connectivity index (χ0n) is 11.5. The van der Waals surface area contributed by atoms with Crippen LogP contribution in [0.15, 0.2) is 36.1 Å². The number of rotatable bonds is 4. The largest absolute Gasteiger partial charge is 0.382 e. The van der Waals surface area contributed by atoms with E-state index >= 15 is 0 Å². The summed E-state index contributed by atoms with van der Waals surface area (Å²) in [6.45, 7) is 5.12. The molecule has 6 heteroatoms. The van der Waals surface area contributed by atoms with Crippen LogP contribution in [0.3, 0.4) is 0 Å². The summed E-state index contributed by atoms with van der Waals surface area (Å²) in [6, 6.07) is 4.51. The van der Waals surface area contributed by atoms with Gasteiger partial charge in [0.1, 0.15) is 5.82 Å². The molecule has 3 aromatic heterocycles. The summed E-state index contributed by atoms with van der Waals surface area (Å²) in [5, 5.41) is 2.09. The monoisotopic (exact) mass is 287 g/mol. The summed E-state index contributed by atoms with van der Waals surface area (Å²) in [4.78, 5) is 12.4. The minimum absolute atomic E-state index is 0.312. The molecule has 0 saturated carbocycles. The smallest absolute Gasteiger partial charge is 0.180 e. The summed E-state index contributed by atoms with van der Waals surface area (Å²) >= 11 is 1.75. The lowest BCUT2D eigenvalue weighted by Crippen LogP contribution is -2.31. The molecule has 5 nitrogen and oxygen atoms in total. The first-order valence-electron chi connectivity index (χ1n) is 6.53. The quantitative estimate of drug-likeness (QED) is 0.801. The minimum atomic E-state index is 0.312. The van der Waals surface area contributed by atoms with Gasteiger partial charge >= 0.3 is 0 Å². The van der Waals surface area contributed by atoms with Gasteiger partial charge in [-0.3, -0.25) is 0 Å². The van der Waals surface area contributed by atoms with E-state index in [1.807, 2.05) is 10.6 Å². The minimum Gasteiger partial charge on any atom is -0.382 e. The van der Waals surface area contributed by atoms with Crippen molar-refractivity contribution in [2.24, 2.45) is 0 Å². The van der Waals surface area contributed by atoms with Crippen molar-refractivity contribution in [3.63, 3.8) is 0 Å². The molecule has 0 aliphatic rings. The van der Waals surface area contributed by atoms with Gasteiger partial charge in [0.2, 0.25) is 0 Å². The maximum Gasteiger partial charge on any atom is 0.180 e.